The lowest BCUT2D eigenvalue weighted by Crippen LogP contribution is -2.48. The molecule has 0 fully saturated rings. The summed E-state index contributed by atoms with van der Waals surface area (Å²) in [5, 5.41) is 2.81. The molecule has 142 valence electrons. The first-order valence-electron chi connectivity index (χ1n) is 7.84. The van der Waals surface area contributed by atoms with Crippen LogP contribution in [0.15, 0.2) is 59.5 Å². The van der Waals surface area contributed by atoms with Crippen LogP contribution in [0.4, 0.5) is 5.69 Å². The van der Waals surface area contributed by atoms with Crippen molar-refractivity contribution in [1.29, 1.82) is 0 Å². The van der Waals surface area contributed by atoms with E-state index >= 15 is 0 Å². The second-order valence-electron chi connectivity index (χ2n) is 6.37. The molecule has 0 radical (unpaired) electrons. The summed E-state index contributed by atoms with van der Waals surface area (Å²) in [7, 11) is -2.20. The van der Waals surface area contributed by atoms with Crippen LogP contribution in [0.2, 0.25) is 0 Å². The minimum absolute atomic E-state index is 0. The fourth-order valence-electron chi connectivity index (χ4n) is 2.14. The molecule has 3 N–H and O–H groups in total. The van der Waals surface area contributed by atoms with Gasteiger partial charge in [-0.25, -0.2) is 8.42 Å². The Kier molecular flexibility index (Phi) is 7.20. The van der Waals surface area contributed by atoms with Crippen molar-refractivity contribution >= 4 is 34.0 Å². The molecule has 26 heavy (non-hydrogen) atoms. The Morgan fingerprint density at radius 2 is 1.62 bits per heavy atom. The van der Waals surface area contributed by atoms with E-state index in [9.17, 15) is 13.2 Å². The third kappa shape index (κ3) is 4.97. The quantitative estimate of drug-likeness (QED) is 0.782. The lowest BCUT2D eigenvalue weighted by molar-refractivity contribution is 0.0915. The van der Waals surface area contributed by atoms with E-state index in [2.05, 4.69) is 5.32 Å². The van der Waals surface area contributed by atoms with Gasteiger partial charge in [-0.1, -0.05) is 18.2 Å². The standard InChI is InChI=1S/C18H23N3O3S.ClH/c1-18(2,13-19)20-17(22)14-9-11-16(12-10-14)25(23,24)21(3)15-7-5-4-6-8-15;/h4-12H,13,19H2,1-3H3,(H,20,22);1H. The van der Waals surface area contributed by atoms with Crippen LogP contribution >= 0.6 is 12.4 Å². The number of sulfonamides is 1. The van der Waals surface area contributed by atoms with Crippen LogP contribution in [0.3, 0.4) is 0 Å². The number of nitrogens with zero attached hydrogens (tertiary/aromatic N) is 1. The van der Waals surface area contributed by atoms with Crippen molar-refractivity contribution in [2.24, 2.45) is 5.73 Å². The molecular formula is C18H24ClN3O3S. The van der Waals surface area contributed by atoms with Crippen molar-refractivity contribution in [3.63, 3.8) is 0 Å². The average molecular weight is 398 g/mol. The first kappa shape index (κ1) is 22.0. The van der Waals surface area contributed by atoms with E-state index in [1.165, 1.54) is 35.6 Å². The van der Waals surface area contributed by atoms with E-state index in [-0.39, 0.29) is 23.2 Å². The molecule has 2 aromatic carbocycles. The number of benzene rings is 2. The highest BCUT2D eigenvalue weighted by Gasteiger charge is 2.23. The maximum atomic E-state index is 12.7. The zero-order chi connectivity index (χ0) is 18.7. The van der Waals surface area contributed by atoms with Gasteiger partial charge in [0.1, 0.15) is 0 Å². The van der Waals surface area contributed by atoms with Crippen LogP contribution in [0.1, 0.15) is 24.2 Å². The van der Waals surface area contributed by atoms with Gasteiger partial charge in [-0.05, 0) is 50.2 Å². The summed E-state index contributed by atoms with van der Waals surface area (Å²) in [6.45, 7) is 3.93. The normalized spacial score (nSPS) is 11.4. The van der Waals surface area contributed by atoms with Gasteiger partial charge in [-0.2, -0.15) is 0 Å². The highest BCUT2D eigenvalue weighted by molar-refractivity contribution is 7.92. The molecule has 0 bridgehead atoms. The lowest BCUT2D eigenvalue weighted by Gasteiger charge is -2.24. The van der Waals surface area contributed by atoms with E-state index in [4.69, 9.17) is 5.73 Å². The van der Waals surface area contributed by atoms with E-state index in [0.717, 1.165) is 0 Å². The molecule has 0 spiro atoms. The smallest absolute Gasteiger partial charge is 0.264 e. The fraction of sp³-hybridized carbons (Fsp3) is 0.278. The summed E-state index contributed by atoms with van der Waals surface area (Å²) in [5.41, 5.74) is 6.01. The van der Waals surface area contributed by atoms with Crippen LogP contribution in [0.5, 0.6) is 0 Å². The van der Waals surface area contributed by atoms with Crippen LogP contribution < -0.4 is 15.4 Å². The molecule has 0 aliphatic carbocycles. The largest absolute Gasteiger partial charge is 0.346 e. The van der Waals surface area contributed by atoms with Gasteiger partial charge in [0, 0.05) is 24.7 Å². The number of carbonyl (C=O) groups excluding carboxylic acids is 1. The molecule has 2 aromatic rings. The zero-order valence-electron chi connectivity index (χ0n) is 15.0. The summed E-state index contributed by atoms with van der Waals surface area (Å²) >= 11 is 0. The second kappa shape index (κ2) is 8.53. The minimum atomic E-state index is -3.69. The molecule has 0 saturated heterocycles. The van der Waals surface area contributed by atoms with Crippen molar-refractivity contribution in [2.75, 3.05) is 17.9 Å². The van der Waals surface area contributed by atoms with E-state index in [0.29, 0.717) is 17.8 Å². The van der Waals surface area contributed by atoms with Gasteiger partial charge in [0.25, 0.3) is 15.9 Å². The van der Waals surface area contributed by atoms with Crippen LogP contribution in [0, 0.1) is 0 Å². The third-order valence-corrected chi connectivity index (χ3v) is 5.66. The summed E-state index contributed by atoms with van der Waals surface area (Å²) in [5.74, 6) is -0.296. The van der Waals surface area contributed by atoms with Crippen LogP contribution in [-0.4, -0.2) is 33.5 Å². The summed E-state index contributed by atoms with van der Waals surface area (Å²) in [4.78, 5) is 12.3. The van der Waals surface area contributed by atoms with Gasteiger partial charge < -0.3 is 11.1 Å². The molecule has 0 atom stereocenters. The Balaban J connectivity index is 0.00000338. The molecule has 8 heteroatoms. The van der Waals surface area contributed by atoms with Gasteiger partial charge in [-0.3, -0.25) is 9.10 Å². The Hall–Kier alpha value is -2.09. The SMILES string of the molecule is CN(c1ccccc1)S(=O)(=O)c1ccc(C(=O)NC(C)(C)CN)cc1.Cl. The summed E-state index contributed by atoms with van der Waals surface area (Å²) < 4.78 is 26.6. The fourth-order valence-corrected chi connectivity index (χ4v) is 3.34. The number of para-hydroxylation sites is 1. The maximum absolute atomic E-state index is 12.7. The number of hydrogen-bond acceptors (Lipinski definition) is 4. The summed E-state index contributed by atoms with van der Waals surface area (Å²) in [6, 6.07) is 14.6. The Labute approximate surface area is 160 Å². The zero-order valence-corrected chi connectivity index (χ0v) is 16.6. The third-order valence-electron chi connectivity index (χ3n) is 3.86. The summed E-state index contributed by atoms with van der Waals surface area (Å²) in [6.07, 6.45) is 0. The topological polar surface area (TPSA) is 92.5 Å². The van der Waals surface area contributed by atoms with Gasteiger partial charge in [0.15, 0.2) is 0 Å². The molecule has 0 saturated carbocycles. The number of nitrogens with two attached hydrogens (primary N) is 1. The first-order chi connectivity index (χ1) is 11.7. The number of rotatable bonds is 6. The lowest BCUT2D eigenvalue weighted by atomic mass is 10.1. The predicted molar refractivity (Wildman–Crippen MR) is 106 cm³/mol. The molecule has 0 unspecified atom stereocenters. The highest BCUT2D eigenvalue weighted by atomic mass is 35.5. The predicted octanol–water partition coefficient (Wildman–Crippen LogP) is 2.40. The minimum Gasteiger partial charge on any atom is -0.346 e. The van der Waals surface area contributed by atoms with Crippen molar-refractivity contribution < 1.29 is 13.2 Å². The molecular weight excluding hydrogens is 374 g/mol. The molecule has 6 nitrogen and oxygen atoms in total. The highest BCUT2D eigenvalue weighted by Crippen LogP contribution is 2.22. The Morgan fingerprint density at radius 3 is 2.12 bits per heavy atom. The maximum Gasteiger partial charge on any atom is 0.264 e. The number of nitrogens with one attached hydrogen (secondary N) is 1. The van der Waals surface area contributed by atoms with Crippen molar-refractivity contribution in [2.45, 2.75) is 24.3 Å². The molecule has 1 amide bonds. The number of hydrogen-bond donors (Lipinski definition) is 2. The van der Waals surface area contributed by atoms with Gasteiger partial charge >= 0.3 is 0 Å². The molecule has 2 rings (SSSR count). The first-order valence-corrected chi connectivity index (χ1v) is 9.28. The molecule has 0 heterocycles. The van der Waals surface area contributed by atoms with Gasteiger partial charge in [-0.15, -0.1) is 12.4 Å². The van der Waals surface area contributed by atoms with Crippen molar-refractivity contribution in [3.8, 4) is 0 Å². The molecule has 0 aliphatic rings. The molecule has 0 aromatic heterocycles. The van der Waals surface area contributed by atoms with Gasteiger partial charge in [0.2, 0.25) is 0 Å². The van der Waals surface area contributed by atoms with Crippen molar-refractivity contribution in [1.82, 2.24) is 5.32 Å². The Morgan fingerprint density at radius 1 is 1.08 bits per heavy atom. The second-order valence-corrected chi connectivity index (χ2v) is 8.34. The number of amides is 1. The Bertz CT molecular complexity index is 838. The monoisotopic (exact) mass is 397 g/mol. The number of halogens is 1. The molecule has 0 aliphatic heterocycles. The van der Waals surface area contributed by atoms with E-state index < -0.39 is 15.6 Å². The number of carbonyl (C=O) groups is 1. The van der Waals surface area contributed by atoms with E-state index in [1.807, 2.05) is 19.9 Å². The van der Waals surface area contributed by atoms with E-state index in [1.54, 1.807) is 24.3 Å². The van der Waals surface area contributed by atoms with Crippen LogP contribution in [-0.2, 0) is 10.0 Å². The number of anilines is 1. The average Bonchev–Trinajstić information content (AvgIpc) is 2.61. The van der Waals surface area contributed by atoms with Crippen LogP contribution in [0.25, 0.3) is 0 Å². The van der Waals surface area contributed by atoms with Crippen molar-refractivity contribution in [3.05, 3.63) is 60.2 Å². The van der Waals surface area contributed by atoms with Gasteiger partial charge in [0.05, 0.1) is 10.6 Å².